The van der Waals surface area contributed by atoms with Gasteiger partial charge in [0, 0.05) is 0 Å². The zero-order valence-electron chi connectivity index (χ0n) is 10.4. The van der Waals surface area contributed by atoms with Gasteiger partial charge >= 0.3 is 5.97 Å². The molecule has 0 aromatic heterocycles. The summed E-state index contributed by atoms with van der Waals surface area (Å²) in [6.45, 7) is 12.9. The number of rotatable bonds is 5. The molecule has 0 fully saturated rings. The first-order chi connectivity index (χ1) is 6.24. The SMILES string of the molecule is CC(C)CC(C)(C)COC(=O)C(C)C. The van der Waals surface area contributed by atoms with E-state index in [4.69, 9.17) is 4.74 Å². The van der Waals surface area contributed by atoms with Crippen molar-refractivity contribution in [1.82, 2.24) is 0 Å². The summed E-state index contributed by atoms with van der Waals surface area (Å²) in [5.41, 5.74) is 0.0959. The molecule has 84 valence electrons. The lowest BCUT2D eigenvalue weighted by Crippen LogP contribution is -2.25. The summed E-state index contributed by atoms with van der Waals surface area (Å²) in [5.74, 6) is 0.523. The third-order valence-corrected chi connectivity index (χ3v) is 2.04. The molecule has 0 heterocycles. The normalized spacial score (nSPS) is 12.3. The van der Waals surface area contributed by atoms with Gasteiger partial charge in [-0.1, -0.05) is 41.5 Å². The van der Waals surface area contributed by atoms with Crippen molar-refractivity contribution in [3.63, 3.8) is 0 Å². The lowest BCUT2D eigenvalue weighted by atomic mass is 9.85. The van der Waals surface area contributed by atoms with Crippen LogP contribution >= 0.6 is 0 Å². The van der Waals surface area contributed by atoms with Crippen LogP contribution in [0.5, 0.6) is 0 Å². The first kappa shape index (κ1) is 13.5. The zero-order valence-corrected chi connectivity index (χ0v) is 10.4. The van der Waals surface area contributed by atoms with Gasteiger partial charge in [0.25, 0.3) is 0 Å². The summed E-state index contributed by atoms with van der Waals surface area (Å²) < 4.78 is 5.23. The summed E-state index contributed by atoms with van der Waals surface area (Å²) in [5, 5.41) is 0. The van der Waals surface area contributed by atoms with Crippen LogP contribution in [0.2, 0.25) is 0 Å². The second-order valence-corrected chi connectivity index (χ2v) is 5.52. The molecule has 0 aromatic carbocycles. The Morgan fingerprint density at radius 2 is 1.71 bits per heavy atom. The van der Waals surface area contributed by atoms with Crippen molar-refractivity contribution in [2.45, 2.75) is 48.0 Å². The van der Waals surface area contributed by atoms with Gasteiger partial charge in [-0.2, -0.15) is 0 Å². The van der Waals surface area contributed by atoms with E-state index in [-0.39, 0.29) is 17.3 Å². The molecule has 0 saturated heterocycles. The van der Waals surface area contributed by atoms with Crippen LogP contribution in [0.1, 0.15) is 48.0 Å². The zero-order chi connectivity index (χ0) is 11.4. The van der Waals surface area contributed by atoms with Crippen LogP contribution in [0.4, 0.5) is 0 Å². The van der Waals surface area contributed by atoms with Crippen LogP contribution in [0, 0.1) is 17.3 Å². The van der Waals surface area contributed by atoms with E-state index in [1.54, 1.807) is 0 Å². The second-order valence-electron chi connectivity index (χ2n) is 5.52. The van der Waals surface area contributed by atoms with Crippen LogP contribution in [-0.4, -0.2) is 12.6 Å². The van der Waals surface area contributed by atoms with Crippen molar-refractivity contribution in [3.8, 4) is 0 Å². The van der Waals surface area contributed by atoms with Crippen LogP contribution in [0.3, 0.4) is 0 Å². The lowest BCUT2D eigenvalue weighted by molar-refractivity contribution is -0.150. The maximum Gasteiger partial charge on any atom is 0.308 e. The number of esters is 1. The smallest absolute Gasteiger partial charge is 0.308 e. The molecule has 0 aromatic rings. The molecule has 0 aliphatic carbocycles. The molecule has 0 rings (SSSR count). The molecule has 2 nitrogen and oxygen atoms in total. The highest BCUT2D eigenvalue weighted by Gasteiger charge is 2.22. The Kier molecular flexibility index (Phi) is 5.17. The van der Waals surface area contributed by atoms with Gasteiger partial charge in [-0.3, -0.25) is 4.79 Å². The quantitative estimate of drug-likeness (QED) is 0.637. The Balaban J connectivity index is 3.92. The second kappa shape index (κ2) is 5.38. The third kappa shape index (κ3) is 6.01. The maximum atomic E-state index is 11.3. The third-order valence-electron chi connectivity index (χ3n) is 2.04. The number of carbonyl (C=O) groups excluding carboxylic acids is 1. The molecule has 0 atom stereocenters. The fourth-order valence-corrected chi connectivity index (χ4v) is 1.60. The summed E-state index contributed by atoms with van der Waals surface area (Å²) in [4.78, 5) is 11.3. The standard InChI is InChI=1S/C12H24O2/c1-9(2)7-12(5,6)8-14-11(13)10(3)4/h9-10H,7-8H2,1-6H3. The molecule has 0 spiro atoms. The number of ether oxygens (including phenoxy) is 1. The van der Waals surface area contributed by atoms with E-state index in [1.165, 1.54) is 0 Å². The summed E-state index contributed by atoms with van der Waals surface area (Å²) >= 11 is 0. The Morgan fingerprint density at radius 3 is 2.07 bits per heavy atom. The van der Waals surface area contributed by atoms with Gasteiger partial charge in [-0.15, -0.1) is 0 Å². The molecular formula is C12H24O2. The minimum atomic E-state index is -0.0955. The summed E-state index contributed by atoms with van der Waals surface area (Å²) in [7, 11) is 0. The van der Waals surface area contributed by atoms with Crippen molar-refractivity contribution in [1.29, 1.82) is 0 Å². The van der Waals surface area contributed by atoms with E-state index in [2.05, 4.69) is 27.7 Å². The molecule has 0 unspecified atom stereocenters. The number of hydrogen-bond acceptors (Lipinski definition) is 2. The van der Waals surface area contributed by atoms with Gasteiger partial charge < -0.3 is 4.74 Å². The Hall–Kier alpha value is -0.530. The van der Waals surface area contributed by atoms with Crippen LogP contribution < -0.4 is 0 Å². The highest BCUT2D eigenvalue weighted by Crippen LogP contribution is 2.25. The predicted molar refractivity (Wildman–Crippen MR) is 59.0 cm³/mol. The summed E-state index contributed by atoms with van der Waals surface area (Å²) in [6, 6.07) is 0. The van der Waals surface area contributed by atoms with Gasteiger partial charge in [0.1, 0.15) is 0 Å². The molecule has 0 aliphatic heterocycles. The van der Waals surface area contributed by atoms with Crippen molar-refractivity contribution in [2.24, 2.45) is 17.3 Å². The molecule has 0 saturated carbocycles. The average Bonchev–Trinajstić information content (AvgIpc) is 1.97. The fourth-order valence-electron chi connectivity index (χ4n) is 1.60. The molecule has 14 heavy (non-hydrogen) atoms. The molecule has 2 heteroatoms. The van der Waals surface area contributed by atoms with Crippen molar-refractivity contribution >= 4 is 5.97 Å². The first-order valence-corrected chi connectivity index (χ1v) is 5.41. The molecular weight excluding hydrogens is 176 g/mol. The molecule has 0 aliphatic rings. The predicted octanol–water partition coefficient (Wildman–Crippen LogP) is 3.26. The first-order valence-electron chi connectivity index (χ1n) is 5.41. The average molecular weight is 200 g/mol. The van der Waals surface area contributed by atoms with E-state index < -0.39 is 0 Å². The van der Waals surface area contributed by atoms with Crippen molar-refractivity contribution < 1.29 is 9.53 Å². The molecule has 0 radical (unpaired) electrons. The Bertz CT molecular complexity index is 181. The van der Waals surface area contributed by atoms with Crippen molar-refractivity contribution in [2.75, 3.05) is 6.61 Å². The highest BCUT2D eigenvalue weighted by molar-refractivity contribution is 5.71. The van der Waals surface area contributed by atoms with Gasteiger partial charge in [0.2, 0.25) is 0 Å². The lowest BCUT2D eigenvalue weighted by Gasteiger charge is -2.26. The minimum absolute atomic E-state index is 0.0233. The topological polar surface area (TPSA) is 26.3 Å². The van der Waals surface area contributed by atoms with Crippen LogP contribution in [0.15, 0.2) is 0 Å². The van der Waals surface area contributed by atoms with Gasteiger partial charge in [0.05, 0.1) is 12.5 Å². The van der Waals surface area contributed by atoms with E-state index >= 15 is 0 Å². The minimum Gasteiger partial charge on any atom is -0.465 e. The summed E-state index contributed by atoms with van der Waals surface area (Å²) in [6.07, 6.45) is 1.08. The maximum absolute atomic E-state index is 11.3. The van der Waals surface area contributed by atoms with Crippen LogP contribution in [0.25, 0.3) is 0 Å². The van der Waals surface area contributed by atoms with E-state index in [1.807, 2.05) is 13.8 Å². The van der Waals surface area contributed by atoms with E-state index in [0.717, 1.165) is 6.42 Å². The Morgan fingerprint density at radius 1 is 1.21 bits per heavy atom. The molecule has 0 amide bonds. The van der Waals surface area contributed by atoms with E-state index in [9.17, 15) is 4.79 Å². The van der Waals surface area contributed by atoms with E-state index in [0.29, 0.717) is 12.5 Å². The molecule has 0 bridgehead atoms. The number of carbonyl (C=O) groups is 1. The number of hydrogen-bond donors (Lipinski definition) is 0. The largest absolute Gasteiger partial charge is 0.465 e. The van der Waals surface area contributed by atoms with Gasteiger partial charge in [0.15, 0.2) is 0 Å². The van der Waals surface area contributed by atoms with Gasteiger partial charge in [-0.25, -0.2) is 0 Å². The van der Waals surface area contributed by atoms with Crippen LogP contribution in [-0.2, 0) is 9.53 Å². The Labute approximate surface area is 88.0 Å². The van der Waals surface area contributed by atoms with Gasteiger partial charge in [-0.05, 0) is 17.8 Å². The molecule has 0 N–H and O–H groups in total. The fraction of sp³-hybridized carbons (Fsp3) is 0.917. The van der Waals surface area contributed by atoms with Crippen molar-refractivity contribution in [3.05, 3.63) is 0 Å². The monoisotopic (exact) mass is 200 g/mol. The highest BCUT2D eigenvalue weighted by atomic mass is 16.5.